The summed E-state index contributed by atoms with van der Waals surface area (Å²) in [4.78, 5) is 25.2. The van der Waals surface area contributed by atoms with Gasteiger partial charge in [-0.05, 0) is 25.3 Å². The molecule has 1 aliphatic carbocycles. The number of carbonyl (C=O) groups excluding carboxylic acids is 2. The molecule has 4 N–H and O–H groups in total. The van der Waals surface area contributed by atoms with Crippen LogP contribution in [0.1, 0.15) is 19.3 Å². The van der Waals surface area contributed by atoms with Gasteiger partial charge in [-0.25, -0.2) is 0 Å². The van der Waals surface area contributed by atoms with Crippen molar-refractivity contribution in [1.29, 1.82) is 0 Å². The van der Waals surface area contributed by atoms with E-state index < -0.39 is 12.0 Å². The SMILES string of the molecule is Cl.NC[C@H]1CCC[C@H]1C(=O)N1CCOC(C(N)=O)C1. The highest BCUT2D eigenvalue weighted by Gasteiger charge is 2.37. The number of ether oxygens (including phenoxy) is 1. The average Bonchev–Trinajstić information content (AvgIpc) is 2.86. The maximum atomic E-state index is 12.4. The van der Waals surface area contributed by atoms with E-state index in [0.717, 1.165) is 19.3 Å². The second-order valence-electron chi connectivity index (χ2n) is 5.08. The number of primary amides is 1. The molecule has 19 heavy (non-hydrogen) atoms. The highest BCUT2D eigenvalue weighted by atomic mass is 35.5. The maximum Gasteiger partial charge on any atom is 0.248 e. The predicted octanol–water partition coefficient (Wildman–Crippen LogP) is -0.504. The Kier molecular flexibility index (Phi) is 6.03. The average molecular weight is 292 g/mol. The van der Waals surface area contributed by atoms with Crippen LogP contribution in [0, 0.1) is 11.8 Å². The molecule has 2 amide bonds. The first-order chi connectivity index (χ1) is 8.63. The number of nitrogens with zero attached hydrogens (tertiary/aromatic N) is 1. The molecule has 3 atom stereocenters. The Balaban J connectivity index is 0.00000180. The number of nitrogens with two attached hydrogens (primary N) is 2. The van der Waals surface area contributed by atoms with Crippen LogP contribution in [0.5, 0.6) is 0 Å². The van der Waals surface area contributed by atoms with E-state index >= 15 is 0 Å². The minimum absolute atomic E-state index is 0. The summed E-state index contributed by atoms with van der Waals surface area (Å²) in [5.74, 6) is -0.0965. The molecule has 0 aromatic heterocycles. The van der Waals surface area contributed by atoms with Crippen molar-refractivity contribution in [2.45, 2.75) is 25.4 Å². The Morgan fingerprint density at radius 3 is 2.68 bits per heavy atom. The zero-order chi connectivity index (χ0) is 13.1. The van der Waals surface area contributed by atoms with Gasteiger partial charge in [0.15, 0.2) is 6.10 Å². The van der Waals surface area contributed by atoms with Gasteiger partial charge in [-0.15, -0.1) is 12.4 Å². The summed E-state index contributed by atoms with van der Waals surface area (Å²) >= 11 is 0. The van der Waals surface area contributed by atoms with Crippen molar-refractivity contribution in [3.8, 4) is 0 Å². The van der Waals surface area contributed by atoms with Crippen LogP contribution in [0.15, 0.2) is 0 Å². The third-order valence-corrected chi connectivity index (χ3v) is 3.97. The summed E-state index contributed by atoms with van der Waals surface area (Å²) in [6.45, 7) is 1.75. The fourth-order valence-corrected chi connectivity index (χ4v) is 2.90. The molecule has 7 heteroatoms. The number of rotatable bonds is 3. The highest BCUT2D eigenvalue weighted by Crippen LogP contribution is 2.32. The second-order valence-corrected chi connectivity index (χ2v) is 5.08. The van der Waals surface area contributed by atoms with Gasteiger partial charge in [-0.1, -0.05) is 6.42 Å². The topological polar surface area (TPSA) is 98.7 Å². The molecule has 1 aliphatic heterocycles. The van der Waals surface area contributed by atoms with Crippen LogP contribution in [0.25, 0.3) is 0 Å². The fraction of sp³-hybridized carbons (Fsp3) is 0.833. The molecule has 2 rings (SSSR count). The molecule has 6 nitrogen and oxygen atoms in total. The fourth-order valence-electron chi connectivity index (χ4n) is 2.90. The van der Waals surface area contributed by atoms with Crippen molar-refractivity contribution in [3.63, 3.8) is 0 Å². The van der Waals surface area contributed by atoms with Gasteiger partial charge in [0, 0.05) is 12.5 Å². The normalized spacial score (nSPS) is 30.8. The summed E-state index contributed by atoms with van der Waals surface area (Å²) in [7, 11) is 0. The minimum Gasteiger partial charge on any atom is -0.367 e. The molecule has 1 heterocycles. The lowest BCUT2D eigenvalue weighted by atomic mass is 9.94. The number of carbonyl (C=O) groups is 2. The van der Waals surface area contributed by atoms with Crippen molar-refractivity contribution >= 4 is 24.2 Å². The highest BCUT2D eigenvalue weighted by molar-refractivity contribution is 5.85. The third kappa shape index (κ3) is 3.58. The van der Waals surface area contributed by atoms with Gasteiger partial charge in [0.1, 0.15) is 0 Å². The quantitative estimate of drug-likeness (QED) is 0.732. The van der Waals surface area contributed by atoms with Crippen molar-refractivity contribution in [2.24, 2.45) is 23.3 Å². The molecule has 0 bridgehead atoms. The molecule has 110 valence electrons. The summed E-state index contributed by atoms with van der Waals surface area (Å²) in [6, 6.07) is 0. The molecular formula is C12H22ClN3O3. The molecule has 2 fully saturated rings. The third-order valence-electron chi connectivity index (χ3n) is 3.97. The van der Waals surface area contributed by atoms with Crippen LogP contribution < -0.4 is 11.5 Å². The lowest BCUT2D eigenvalue weighted by Gasteiger charge is -2.34. The van der Waals surface area contributed by atoms with E-state index in [1.165, 1.54) is 0 Å². The largest absolute Gasteiger partial charge is 0.367 e. The van der Waals surface area contributed by atoms with Gasteiger partial charge in [0.05, 0.1) is 13.2 Å². The van der Waals surface area contributed by atoms with Gasteiger partial charge >= 0.3 is 0 Å². The molecule has 1 unspecified atom stereocenters. The Labute approximate surface area is 119 Å². The van der Waals surface area contributed by atoms with Crippen molar-refractivity contribution in [2.75, 3.05) is 26.2 Å². The summed E-state index contributed by atoms with van der Waals surface area (Å²) < 4.78 is 5.24. The molecule has 0 aromatic rings. The summed E-state index contributed by atoms with van der Waals surface area (Å²) in [6.07, 6.45) is 2.32. The van der Waals surface area contributed by atoms with Crippen LogP contribution in [0.4, 0.5) is 0 Å². The molecule has 0 radical (unpaired) electrons. The molecule has 1 saturated heterocycles. The van der Waals surface area contributed by atoms with Gasteiger partial charge in [-0.2, -0.15) is 0 Å². The second kappa shape index (κ2) is 7.07. The van der Waals surface area contributed by atoms with Gasteiger partial charge in [0.25, 0.3) is 0 Å². The first-order valence-corrected chi connectivity index (χ1v) is 6.53. The van der Waals surface area contributed by atoms with Gasteiger partial charge in [0.2, 0.25) is 11.8 Å². The lowest BCUT2D eigenvalue weighted by molar-refractivity contribution is -0.149. The number of hydrogen-bond acceptors (Lipinski definition) is 4. The minimum atomic E-state index is -0.666. The molecule has 1 saturated carbocycles. The van der Waals surface area contributed by atoms with Gasteiger partial charge < -0.3 is 21.1 Å². The van der Waals surface area contributed by atoms with E-state index in [0.29, 0.717) is 19.7 Å². The monoisotopic (exact) mass is 291 g/mol. The first kappa shape index (κ1) is 16.2. The lowest BCUT2D eigenvalue weighted by Crippen LogP contribution is -2.52. The van der Waals surface area contributed by atoms with Gasteiger partial charge in [-0.3, -0.25) is 9.59 Å². The van der Waals surface area contributed by atoms with Crippen LogP contribution in [-0.2, 0) is 14.3 Å². The molecule has 0 spiro atoms. The zero-order valence-corrected chi connectivity index (χ0v) is 11.7. The molecule has 2 aliphatic rings. The van der Waals surface area contributed by atoms with Crippen LogP contribution >= 0.6 is 12.4 Å². The maximum absolute atomic E-state index is 12.4. The Morgan fingerprint density at radius 1 is 1.32 bits per heavy atom. The smallest absolute Gasteiger partial charge is 0.248 e. The van der Waals surface area contributed by atoms with E-state index in [9.17, 15) is 9.59 Å². The van der Waals surface area contributed by atoms with Crippen LogP contribution in [-0.4, -0.2) is 49.1 Å². The summed E-state index contributed by atoms with van der Waals surface area (Å²) in [5.41, 5.74) is 10.9. The van der Waals surface area contributed by atoms with E-state index in [2.05, 4.69) is 0 Å². The van der Waals surface area contributed by atoms with Crippen molar-refractivity contribution < 1.29 is 14.3 Å². The number of halogens is 1. The number of amides is 2. The zero-order valence-electron chi connectivity index (χ0n) is 10.9. The Hall–Kier alpha value is -0.850. The van der Waals surface area contributed by atoms with Crippen molar-refractivity contribution in [3.05, 3.63) is 0 Å². The van der Waals surface area contributed by atoms with E-state index in [-0.39, 0.29) is 36.7 Å². The summed E-state index contributed by atoms with van der Waals surface area (Å²) in [5, 5.41) is 0. The predicted molar refractivity (Wildman–Crippen MR) is 72.6 cm³/mol. The van der Waals surface area contributed by atoms with Crippen LogP contribution in [0.2, 0.25) is 0 Å². The standard InChI is InChI=1S/C12H21N3O3.ClH/c13-6-8-2-1-3-9(8)12(17)15-4-5-18-10(7-15)11(14)16;/h8-10H,1-7,13H2,(H2,14,16);1H/t8-,9-,10?;/m1./s1. The van der Waals surface area contributed by atoms with E-state index in [4.69, 9.17) is 16.2 Å². The first-order valence-electron chi connectivity index (χ1n) is 6.53. The Morgan fingerprint density at radius 2 is 2.05 bits per heavy atom. The van der Waals surface area contributed by atoms with Crippen molar-refractivity contribution in [1.82, 2.24) is 4.90 Å². The number of hydrogen-bond donors (Lipinski definition) is 2. The molecule has 0 aromatic carbocycles. The Bertz CT molecular complexity index is 340. The number of morpholine rings is 1. The van der Waals surface area contributed by atoms with E-state index in [1.807, 2.05) is 0 Å². The molecular weight excluding hydrogens is 270 g/mol. The van der Waals surface area contributed by atoms with E-state index in [1.54, 1.807) is 4.90 Å². The van der Waals surface area contributed by atoms with Crippen LogP contribution in [0.3, 0.4) is 0 Å².